The molecular weight excluding hydrogens is 374 g/mol. The Morgan fingerprint density at radius 3 is 2.73 bits per heavy atom. The number of pyridine rings is 3. The SMILES string of the molecule is C1=C(c2ccc3[nH]nc(-c4cc5c(-c6ccccn6)nccc5[nH]4)c3n2)CCNC1. The number of fused-ring (bicyclic) bond motifs is 2. The fraction of sp³-hybridized carbons (Fsp3) is 0.130. The van der Waals surface area contributed by atoms with Crippen LogP contribution in [0.25, 0.3) is 50.3 Å². The van der Waals surface area contributed by atoms with Gasteiger partial charge in [0.15, 0.2) is 0 Å². The van der Waals surface area contributed by atoms with Crippen LogP contribution >= 0.6 is 0 Å². The van der Waals surface area contributed by atoms with Gasteiger partial charge in [0.05, 0.1) is 28.3 Å². The molecule has 1 aliphatic rings. The molecular formula is C23H19N7. The summed E-state index contributed by atoms with van der Waals surface area (Å²) in [7, 11) is 0. The molecule has 0 aliphatic carbocycles. The highest BCUT2D eigenvalue weighted by molar-refractivity contribution is 5.98. The van der Waals surface area contributed by atoms with Crippen LogP contribution in [0.2, 0.25) is 0 Å². The molecule has 30 heavy (non-hydrogen) atoms. The minimum Gasteiger partial charge on any atom is -0.353 e. The van der Waals surface area contributed by atoms with Gasteiger partial charge in [0, 0.05) is 29.8 Å². The lowest BCUT2D eigenvalue weighted by Crippen LogP contribution is -2.20. The summed E-state index contributed by atoms with van der Waals surface area (Å²) < 4.78 is 0. The Morgan fingerprint density at radius 1 is 0.867 bits per heavy atom. The molecule has 7 nitrogen and oxygen atoms in total. The van der Waals surface area contributed by atoms with Crippen molar-refractivity contribution in [2.24, 2.45) is 0 Å². The second kappa shape index (κ2) is 6.89. The number of hydrogen-bond acceptors (Lipinski definition) is 5. The third kappa shape index (κ3) is 2.79. The standard InChI is InChI=1S/C23H19N7/c1-2-9-25-18(3-1)21-15-13-20(27-17(15)8-12-26-21)23-22-19(29-30-23)5-4-16(28-22)14-6-10-24-11-7-14/h1-6,8-9,12-13,24,27H,7,10-11H2,(H,29,30). The van der Waals surface area contributed by atoms with Crippen molar-refractivity contribution in [3.63, 3.8) is 0 Å². The zero-order valence-electron chi connectivity index (χ0n) is 16.2. The topological polar surface area (TPSA) is 95.2 Å². The smallest absolute Gasteiger partial charge is 0.135 e. The molecule has 146 valence electrons. The summed E-state index contributed by atoms with van der Waals surface area (Å²) in [6.45, 7) is 1.87. The van der Waals surface area contributed by atoms with Crippen LogP contribution in [0.5, 0.6) is 0 Å². The predicted octanol–water partition coefficient (Wildman–Crippen LogP) is 3.94. The fourth-order valence-electron chi connectivity index (χ4n) is 4.01. The van der Waals surface area contributed by atoms with E-state index in [2.05, 4.69) is 54.7 Å². The maximum absolute atomic E-state index is 4.95. The van der Waals surface area contributed by atoms with Crippen molar-refractivity contribution in [2.75, 3.05) is 13.1 Å². The first kappa shape index (κ1) is 17.1. The first-order chi connectivity index (χ1) is 14.9. The molecule has 0 aromatic carbocycles. The van der Waals surface area contributed by atoms with E-state index in [9.17, 15) is 0 Å². The van der Waals surface area contributed by atoms with Gasteiger partial charge in [-0.15, -0.1) is 0 Å². The number of H-pyrrole nitrogens is 2. The van der Waals surface area contributed by atoms with Gasteiger partial charge in [-0.25, -0.2) is 4.98 Å². The summed E-state index contributed by atoms with van der Waals surface area (Å²) in [6.07, 6.45) is 6.78. The van der Waals surface area contributed by atoms with E-state index in [1.54, 1.807) is 12.4 Å². The Hall–Kier alpha value is -3.84. The van der Waals surface area contributed by atoms with E-state index in [0.717, 1.165) is 69.9 Å². The largest absolute Gasteiger partial charge is 0.353 e. The highest BCUT2D eigenvalue weighted by Gasteiger charge is 2.17. The molecule has 3 N–H and O–H groups in total. The maximum Gasteiger partial charge on any atom is 0.135 e. The van der Waals surface area contributed by atoms with Crippen LogP contribution in [0, 0.1) is 0 Å². The first-order valence-corrected chi connectivity index (χ1v) is 10.0. The lowest BCUT2D eigenvalue weighted by Gasteiger charge is -2.13. The maximum atomic E-state index is 4.95. The summed E-state index contributed by atoms with van der Waals surface area (Å²) >= 11 is 0. The van der Waals surface area contributed by atoms with Crippen molar-refractivity contribution in [3.05, 3.63) is 66.6 Å². The van der Waals surface area contributed by atoms with Crippen LogP contribution in [-0.4, -0.2) is 43.2 Å². The normalized spacial score (nSPS) is 14.3. The minimum atomic E-state index is 0.810. The Bertz CT molecular complexity index is 1400. The van der Waals surface area contributed by atoms with Gasteiger partial charge in [0.2, 0.25) is 0 Å². The highest BCUT2D eigenvalue weighted by atomic mass is 15.1. The molecule has 0 fully saturated rings. The van der Waals surface area contributed by atoms with Crippen LogP contribution in [-0.2, 0) is 0 Å². The summed E-state index contributed by atoms with van der Waals surface area (Å²) in [4.78, 5) is 17.5. The molecule has 0 amide bonds. The van der Waals surface area contributed by atoms with Crippen molar-refractivity contribution < 1.29 is 0 Å². The second-order valence-corrected chi connectivity index (χ2v) is 7.37. The third-order valence-corrected chi connectivity index (χ3v) is 5.51. The first-order valence-electron chi connectivity index (χ1n) is 10.0. The van der Waals surface area contributed by atoms with Gasteiger partial charge >= 0.3 is 0 Å². The van der Waals surface area contributed by atoms with Crippen molar-refractivity contribution in [1.82, 2.24) is 35.5 Å². The van der Waals surface area contributed by atoms with Crippen molar-refractivity contribution in [1.29, 1.82) is 0 Å². The highest BCUT2D eigenvalue weighted by Crippen LogP contribution is 2.32. The average Bonchev–Trinajstić information content (AvgIpc) is 3.43. The predicted molar refractivity (Wildman–Crippen MR) is 118 cm³/mol. The Labute approximate surface area is 172 Å². The lowest BCUT2D eigenvalue weighted by atomic mass is 10.0. The van der Waals surface area contributed by atoms with Gasteiger partial charge in [0.1, 0.15) is 11.2 Å². The summed E-state index contributed by atoms with van der Waals surface area (Å²) in [6, 6.07) is 14.0. The monoisotopic (exact) mass is 393 g/mol. The number of aromatic nitrogens is 6. The molecule has 0 saturated carbocycles. The van der Waals surface area contributed by atoms with E-state index < -0.39 is 0 Å². The van der Waals surface area contributed by atoms with Crippen molar-refractivity contribution in [2.45, 2.75) is 6.42 Å². The summed E-state index contributed by atoms with van der Waals surface area (Å²) in [5.74, 6) is 0. The number of nitrogens with zero attached hydrogens (tertiary/aromatic N) is 4. The molecule has 0 spiro atoms. The van der Waals surface area contributed by atoms with E-state index in [1.807, 2.05) is 24.3 Å². The van der Waals surface area contributed by atoms with Crippen LogP contribution in [0.4, 0.5) is 0 Å². The van der Waals surface area contributed by atoms with E-state index in [1.165, 1.54) is 5.57 Å². The summed E-state index contributed by atoms with van der Waals surface area (Å²) in [5.41, 5.74) is 8.49. The van der Waals surface area contributed by atoms with E-state index in [-0.39, 0.29) is 0 Å². The van der Waals surface area contributed by atoms with Crippen molar-refractivity contribution >= 4 is 27.5 Å². The molecule has 6 rings (SSSR count). The van der Waals surface area contributed by atoms with E-state index in [0.29, 0.717) is 0 Å². The fourth-order valence-corrected chi connectivity index (χ4v) is 4.01. The molecule has 1 aliphatic heterocycles. The molecule has 7 heteroatoms. The van der Waals surface area contributed by atoms with Gasteiger partial charge in [-0.05, 0) is 54.9 Å². The quantitative estimate of drug-likeness (QED) is 0.432. The molecule has 0 atom stereocenters. The Kier molecular flexibility index (Phi) is 3.92. The van der Waals surface area contributed by atoms with Gasteiger partial charge in [0.25, 0.3) is 0 Å². The Morgan fingerprint density at radius 2 is 1.87 bits per heavy atom. The number of rotatable bonds is 3. The van der Waals surface area contributed by atoms with Crippen LogP contribution in [0.3, 0.4) is 0 Å². The van der Waals surface area contributed by atoms with Gasteiger partial charge in [-0.3, -0.25) is 15.1 Å². The number of hydrogen-bond donors (Lipinski definition) is 3. The zero-order valence-corrected chi connectivity index (χ0v) is 16.2. The molecule has 5 aromatic heterocycles. The molecule has 6 heterocycles. The van der Waals surface area contributed by atoms with E-state index >= 15 is 0 Å². The lowest BCUT2D eigenvalue weighted by molar-refractivity contribution is 0.737. The number of nitrogens with one attached hydrogen (secondary N) is 3. The third-order valence-electron chi connectivity index (χ3n) is 5.51. The number of aromatic amines is 2. The van der Waals surface area contributed by atoms with Gasteiger partial charge < -0.3 is 10.3 Å². The van der Waals surface area contributed by atoms with Gasteiger partial charge in [-0.2, -0.15) is 5.10 Å². The molecule has 0 saturated heterocycles. The minimum absolute atomic E-state index is 0.810. The Balaban J connectivity index is 1.50. The molecule has 5 aromatic rings. The average molecular weight is 393 g/mol. The van der Waals surface area contributed by atoms with Crippen LogP contribution in [0.15, 0.2) is 60.9 Å². The van der Waals surface area contributed by atoms with E-state index in [4.69, 9.17) is 4.98 Å². The summed E-state index contributed by atoms with van der Waals surface area (Å²) in [5, 5.41) is 12.0. The van der Waals surface area contributed by atoms with Crippen LogP contribution in [0.1, 0.15) is 12.1 Å². The second-order valence-electron chi connectivity index (χ2n) is 7.37. The molecule has 0 bridgehead atoms. The molecule has 0 unspecified atom stereocenters. The zero-order chi connectivity index (χ0) is 19.9. The molecule has 0 radical (unpaired) electrons. The van der Waals surface area contributed by atoms with Crippen LogP contribution < -0.4 is 5.32 Å². The van der Waals surface area contributed by atoms with Gasteiger partial charge in [-0.1, -0.05) is 12.1 Å². The van der Waals surface area contributed by atoms with Crippen molar-refractivity contribution in [3.8, 4) is 22.8 Å².